The molecule has 0 unspecified atom stereocenters. The molecule has 1 aliphatic rings. The number of hydrogen-bond donors (Lipinski definition) is 1. The van der Waals surface area contributed by atoms with Crippen LogP contribution in [-0.2, 0) is 4.74 Å². The number of aliphatic hydroxyl groups excluding tert-OH is 1. The third-order valence-electron chi connectivity index (χ3n) is 1.64. The summed E-state index contributed by atoms with van der Waals surface area (Å²) in [6.45, 7) is 0.570. The number of alkyl halides is 1. The van der Waals surface area contributed by atoms with E-state index in [4.69, 9.17) is 5.11 Å². The summed E-state index contributed by atoms with van der Waals surface area (Å²) in [7, 11) is 0. The summed E-state index contributed by atoms with van der Waals surface area (Å²) in [5.41, 5.74) is 0. The molecule has 0 amide bonds. The van der Waals surface area contributed by atoms with Gasteiger partial charge in [0.2, 0.25) is 6.36 Å². The molecule has 1 aliphatic heterocycles. The van der Waals surface area contributed by atoms with E-state index in [1.54, 1.807) is 0 Å². The Labute approximate surface area is 53.6 Å². The molecule has 0 aromatic rings. The summed E-state index contributed by atoms with van der Waals surface area (Å²) in [6, 6.07) is 0. The van der Waals surface area contributed by atoms with E-state index in [0.29, 0.717) is 13.0 Å². The van der Waals surface area contributed by atoms with E-state index in [0.717, 1.165) is 6.42 Å². The fourth-order valence-corrected chi connectivity index (χ4v) is 1.04. The minimum atomic E-state index is -1.13. The topological polar surface area (TPSA) is 29.5 Å². The van der Waals surface area contributed by atoms with Gasteiger partial charge in [-0.3, -0.25) is 0 Å². The number of rotatable bonds is 2. The van der Waals surface area contributed by atoms with Crippen LogP contribution in [0.25, 0.3) is 0 Å². The van der Waals surface area contributed by atoms with Crippen molar-refractivity contribution in [3.8, 4) is 0 Å². The minimum Gasteiger partial charge on any atom is -0.396 e. The van der Waals surface area contributed by atoms with E-state index in [1.165, 1.54) is 0 Å². The SMILES string of the molecule is OCC[C@H]1CCO[C@H]1F. The first-order valence-corrected chi connectivity index (χ1v) is 3.21. The highest BCUT2D eigenvalue weighted by molar-refractivity contribution is 4.67. The zero-order valence-electron chi connectivity index (χ0n) is 5.22. The van der Waals surface area contributed by atoms with Crippen LogP contribution in [0, 0.1) is 5.92 Å². The third kappa shape index (κ3) is 1.63. The van der Waals surface area contributed by atoms with E-state index in [-0.39, 0.29) is 12.5 Å². The van der Waals surface area contributed by atoms with Gasteiger partial charge in [-0.05, 0) is 12.8 Å². The fraction of sp³-hybridized carbons (Fsp3) is 1.00. The highest BCUT2D eigenvalue weighted by atomic mass is 19.1. The first-order valence-electron chi connectivity index (χ1n) is 3.21. The fourth-order valence-electron chi connectivity index (χ4n) is 1.04. The lowest BCUT2D eigenvalue weighted by molar-refractivity contribution is -0.0189. The zero-order chi connectivity index (χ0) is 6.69. The number of hydrogen-bond acceptors (Lipinski definition) is 2. The van der Waals surface area contributed by atoms with Gasteiger partial charge in [0.25, 0.3) is 0 Å². The van der Waals surface area contributed by atoms with Crippen molar-refractivity contribution in [3.63, 3.8) is 0 Å². The van der Waals surface area contributed by atoms with Crippen LogP contribution in [0.15, 0.2) is 0 Å². The lowest BCUT2D eigenvalue weighted by Gasteiger charge is -2.07. The molecule has 0 spiro atoms. The molecule has 1 N–H and O–H groups in total. The molecule has 1 fully saturated rings. The highest BCUT2D eigenvalue weighted by Gasteiger charge is 2.26. The zero-order valence-corrected chi connectivity index (χ0v) is 5.22. The summed E-state index contributed by atoms with van der Waals surface area (Å²) in [6.07, 6.45) is 0.153. The molecule has 1 rings (SSSR count). The first-order chi connectivity index (χ1) is 4.34. The molecule has 1 saturated heterocycles. The van der Waals surface area contributed by atoms with Crippen molar-refractivity contribution in [2.75, 3.05) is 13.2 Å². The maximum Gasteiger partial charge on any atom is 0.201 e. The standard InChI is InChI=1S/C6H11FO2/c7-6-5(1-3-8)2-4-9-6/h5-6,8H,1-4H2/t5-,6+/m0/s1. The third-order valence-corrected chi connectivity index (χ3v) is 1.64. The Hall–Kier alpha value is -0.150. The smallest absolute Gasteiger partial charge is 0.201 e. The Balaban J connectivity index is 2.22. The Bertz CT molecular complexity index is 87.1. The summed E-state index contributed by atoms with van der Waals surface area (Å²) in [5.74, 6) is -0.0602. The number of aliphatic hydroxyl groups is 1. The van der Waals surface area contributed by atoms with E-state index in [1.807, 2.05) is 0 Å². The molecule has 1 heterocycles. The molecule has 0 aromatic carbocycles. The first kappa shape index (κ1) is 6.96. The van der Waals surface area contributed by atoms with Crippen LogP contribution >= 0.6 is 0 Å². The summed E-state index contributed by atoms with van der Waals surface area (Å²) >= 11 is 0. The van der Waals surface area contributed by atoms with Crippen molar-refractivity contribution in [3.05, 3.63) is 0 Å². The van der Waals surface area contributed by atoms with E-state index < -0.39 is 6.36 Å². The molecule has 9 heavy (non-hydrogen) atoms. The molecule has 0 bridgehead atoms. The van der Waals surface area contributed by atoms with Crippen molar-refractivity contribution in [2.45, 2.75) is 19.2 Å². The second-order valence-electron chi connectivity index (χ2n) is 2.28. The average Bonchev–Trinajstić information content (AvgIpc) is 2.18. The summed E-state index contributed by atoms with van der Waals surface area (Å²) in [4.78, 5) is 0. The van der Waals surface area contributed by atoms with Gasteiger partial charge in [-0.25, -0.2) is 4.39 Å². The molecule has 3 heteroatoms. The van der Waals surface area contributed by atoms with Crippen molar-refractivity contribution in [2.24, 2.45) is 5.92 Å². The molecule has 2 atom stereocenters. The van der Waals surface area contributed by atoms with Crippen LogP contribution in [0.5, 0.6) is 0 Å². The van der Waals surface area contributed by atoms with E-state index >= 15 is 0 Å². The van der Waals surface area contributed by atoms with Crippen LogP contribution in [-0.4, -0.2) is 24.7 Å². The molecule has 0 radical (unpaired) electrons. The second-order valence-corrected chi connectivity index (χ2v) is 2.28. The predicted molar refractivity (Wildman–Crippen MR) is 30.7 cm³/mol. The minimum absolute atomic E-state index is 0.0602. The van der Waals surface area contributed by atoms with Gasteiger partial charge in [-0.15, -0.1) is 0 Å². The largest absolute Gasteiger partial charge is 0.396 e. The lowest BCUT2D eigenvalue weighted by Crippen LogP contribution is -2.10. The molecule has 2 nitrogen and oxygen atoms in total. The van der Waals surface area contributed by atoms with Crippen LogP contribution in [0.1, 0.15) is 12.8 Å². The Morgan fingerprint density at radius 2 is 2.44 bits per heavy atom. The average molecular weight is 134 g/mol. The van der Waals surface area contributed by atoms with Crippen LogP contribution in [0.2, 0.25) is 0 Å². The number of ether oxygens (including phenoxy) is 1. The summed E-state index contributed by atoms with van der Waals surface area (Å²) < 4.78 is 17.1. The summed E-state index contributed by atoms with van der Waals surface area (Å²) in [5, 5.41) is 8.42. The molecule has 54 valence electrons. The molecule has 0 aliphatic carbocycles. The maximum atomic E-state index is 12.4. The second kappa shape index (κ2) is 3.13. The van der Waals surface area contributed by atoms with Gasteiger partial charge in [0.15, 0.2) is 0 Å². The van der Waals surface area contributed by atoms with Gasteiger partial charge in [0.1, 0.15) is 0 Å². The van der Waals surface area contributed by atoms with Crippen LogP contribution in [0.3, 0.4) is 0 Å². The molecular formula is C6H11FO2. The van der Waals surface area contributed by atoms with Gasteiger partial charge in [-0.2, -0.15) is 0 Å². The molecule has 0 aromatic heterocycles. The monoisotopic (exact) mass is 134 g/mol. The van der Waals surface area contributed by atoms with Crippen molar-refractivity contribution in [1.29, 1.82) is 0 Å². The number of halogens is 1. The molecular weight excluding hydrogens is 123 g/mol. The highest BCUT2D eigenvalue weighted by Crippen LogP contribution is 2.24. The predicted octanol–water partition coefficient (Wildman–Crippen LogP) is 0.701. The Kier molecular flexibility index (Phi) is 2.42. The molecule has 0 saturated carbocycles. The van der Waals surface area contributed by atoms with Crippen LogP contribution in [0.4, 0.5) is 4.39 Å². The van der Waals surface area contributed by atoms with Gasteiger partial charge in [0.05, 0.1) is 6.61 Å². The van der Waals surface area contributed by atoms with Crippen LogP contribution < -0.4 is 0 Å². The van der Waals surface area contributed by atoms with Crippen molar-refractivity contribution >= 4 is 0 Å². The Morgan fingerprint density at radius 3 is 2.89 bits per heavy atom. The van der Waals surface area contributed by atoms with Gasteiger partial charge < -0.3 is 9.84 Å². The normalized spacial score (nSPS) is 35.3. The van der Waals surface area contributed by atoms with E-state index in [9.17, 15) is 4.39 Å². The van der Waals surface area contributed by atoms with Gasteiger partial charge in [0, 0.05) is 12.5 Å². The van der Waals surface area contributed by atoms with Crippen molar-refractivity contribution < 1.29 is 14.2 Å². The van der Waals surface area contributed by atoms with Crippen molar-refractivity contribution in [1.82, 2.24) is 0 Å². The Morgan fingerprint density at radius 1 is 1.67 bits per heavy atom. The quantitative estimate of drug-likeness (QED) is 0.602. The van der Waals surface area contributed by atoms with Gasteiger partial charge in [-0.1, -0.05) is 0 Å². The lowest BCUT2D eigenvalue weighted by atomic mass is 10.1. The maximum absolute atomic E-state index is 12.4. The van der Waals surface area contributed by atoms with Gasteiger partial charge >= 0.3 is 0 Å². The van der Waals surface area contributed by atoms with E-state index in [2.05, 4.69) is 4.74 Å².